The van der Waals surface area contributed by atoms with Gasteiger partial charge in [-0.2, -0.15) is 0 Å². The molecule has 3 aromatic rings. The van der Waals surface area contributed by atoms with Crippen molar-refractivity contribution < 1.29 is 19.1 Å². The van der Waals surface area contributed by atoms with Gasteiger partial charge in [0.05, 0.1) is 0 Å². The topological polar surface area (TPSA) is 77.3 Å². The fraction of sp³-hybridized carbons (Fsp3) is 0. The average molecular weight is 489 g/mol. The lowest BCUT2D eigenvalue weighted by molar-refractivity contribution is -0.130. The molecule has 0 spiro atoms. The first kappa shape index (κ1) is 21.8. The van der Waals surface area contributed by atoms with Gasteiger partial charge in [0.1, 0.15) is 0 Å². The quantitative estimate of drug-likeness (QED) is 0.349. The summed E-state index contributed by atoms with van der Waals surface area (Å²) in [6.07, 6.45) is 3.25. The molecule has 5 rings (SSSR count). The minimum absolute atomic E-state index is 0.186. The van der Waals surface area contributed by atoms with Crippen LogP contribution in [-0.4, -0.2) is 23.7 Å². The van der Waals surface area contributed by atoms with Crippen LogP contribution in [0.5, 0.6) is 0 Å². The summed E-state index contributed by atoms with van der Waals surface area (Å²) >= 11 is 11.8. The summed E-state index contributed by atoms with van der Waals surface area (Å²) in [6.45, 7) is 0. The third kappa shape index (κ3) is 4.69. The van der Waals surface area contributed by atoms with Crippen molar-refractivity contribution in [3.05, 3.63) is 116 Å². The number of cyclic esters (lactones) is 2. The van der Waals surface area contributed by atoms with E-state index in [1.54, 1.807) is 84.9 Å². The Morgan fingerprint density at radius 2 is 0.912 bits per heavy atom. The standard InChI is InChI=1S/C26H14Cl2N2O4/c27-19-9-1-15(2-10-19)13-21-25(31)33-23(29-21)17-5-7-18(8-6-17)24-30-22(26(32)34-24)14-16-3-11-20(28)12-4-16/h1-14H. The fourth-order valence-electron chi connectivity index (χ4n) is 3.25. The van der Waals surface area contributed by atoms with Crippen LogP contribution in [0.2, 0.25) is 10.0 Å². The first-order valence-electron chi connectivity index (χ1n) is 10.1. The number of halogens is 2. The van der Waals surface area contributed by atoms with E-state index in [2.05, 4.69) is 9.98 Å². The maximum absolute atomic E-state index is 12.2. The lowest BCUT2D eigenvalue weighted by Crippen LogP contribution is -2.07. The van der Waals surface area contributed by atoms with Crippen LogP contribution in [-0.2, 0) is 19.1 Å². The van der Waals surface area contributed by atoms with Crippen LogP contribution in [0.15, 0.2) is 94.2 Å². The van der Waals surface area contributed by atoms with Crippen LogP contribution < -0.4 is 0 Å². The molecular weight excluding hydrogens is 475 g/mol. The SMILES string of the molecule is O=C1OC(c2ccc(C3=NC(=Cc4ccc(Cl)cc4)C(=O)O3)cc2)=NC1=Cc1ccc(Cl)cc1. The summed E-state index contributed by atoms with van der Waals surface area (Å²) in [6, 6.07) is 20.9. The van der Waals surface area contributed by atoms with E-state index in [1.807, 2.05) is 0 Å². The molecule has 0 fully saturated rings. The van der Waals surface area contributed by atoms with Gasteiger partial charge in [-0.25, -0.2) is 19.6 Å². The Balaban J connectivity index is 1.35. The minimum atomic E-state index is -0.542. The van der Waals surface area contributed by atoms with Crippen LogP contribution in [0, 0.1) is 0 Å². The number of carbonyl (C=O) groups excluding carboxylic acids is 2. The first-order valence-corrected chi connectivity index (χ1v) is 10.9. The molecule has 0 aromatic heterocycles. The molecule has 0 saturated carbocycles. The van der Waals surface area contributed by atoms with Gasteiger partial charge in [-0.3, -0.25) is 0 Å². The van der Waals surface area contributed by atoms with E-state index in [4.69, 9.17) is 32.7 Å². The van der Waals surface area contributed by atoms with Gasteiger partial charge >= 0.3 is 11.9 Å². The summed E-state index contributed by atoms with van der Waals surface area (Å²) < 4.78 is 10.6. The van der Waals surface area contributed by atoms with Crippen LogP contribution in [0.25, 0.3) is 12.2 Å². The molecule has 0 atom stereocenters. The number of esters is 2. The average Bonchev–Trinajstić information content (AvgIpc) is 3.39. The van der Waals surface area contributed by atoms with Gasteiger partial charge in [0.15, 0.2) is 11.4 Å². The van der Waals surface area contributed by atoms with E-state index in [0.717, 1.165) is 11.1 Å². The second-order valence-electron chi connectivity index (χ2n) is 7.35. The van der Waals surface area contributed by atoms with Crippen molar-refractivity contribution >= 4 is 59.1 Å². The Hall–Kier alpha value is -4.00. The van der Waals surface area contributed by atoms with E-state index >= 15 is 0 Å². The largest absolute Gasteiger partial charge is 0.402 e. The predicted octanol–water partition coefficient (Wildman–Crippen LogP) is 5.68. The lowest BCUT2D eigenvalue weighted by atomic mass is 10.1. The summed E-state index contributed by atoms with van der Waals surface area (Å²) in [4.78, 5) is 33.1. The minimum Gasteiger partial charge on any atom is -0.402 e. The summed E-state index contributed by atoms with van der Waals surface area (Å²) in [5.74, 6) is -0.712. The van der Waals surface area contributed by atoms with Gasteiger partial charge in [0, 0.05) is 21.2 Å². The van der Waals surface area contributed by atoms with Crippen LogP contribution in [0.1, 0.15) is 22.3 Å². The van der Waals surface area contributed by atoms with Crippen LogP contribution >= 0.6 is 23.2 Å². The molecule has 2 aliphatic heterocycles. The van der Waals surface area contributed by atoms with Crippen LogP contribution in [0.3, 0.4) is 0 Å². The molecule has 3 aromatic carbocycles. The molecule has 0 amide bonds. The number of rotatable bonds is 4. The van der Waals surface area contributed by atoms with Gasteiger partial charge in [0.2, 0.25) is 11.8 Å². The predicted molar refractivity (Wildman–Crippen MR) is 131 cm³/mol. The van der Waals surface area contributed by atoms with Crippen molar-refractivity contribution in [2.45, 2.75) is 0 Å². The molecule has 0 N–H and O–H groups in total. The number of carbonyl (C=O) groups is 2. The third-order valence-corrected chi connectivity index (χ3v) is 5.47. The summed E-state index contributed by atoms with van der Waals surface area (Å²) in [5.41, 5.74) is 3.12. The highest BCUT2D eigenvalue weighted by molar-refractivity contribution is 6.30. The molecule has 2 heterocycles. The second-order valence-corrected chi connectivity index (χ2v) is 8.23. The molecule has 166 valence electrons. The molecule has 0 aliphatic carbocycles. The molecular formula is C26H14Cl2N2O4. The molecule has 2 aliphatic rings. The number of benzene rings is 3. The van der Waals surface area contributed by atoms with Gasteiger partial charge in [-0.15, -0.1) is 0 Å². The monoisotopic (exact) mass is 488 g/mol. The zero-order valence-corrected chi connectivity index (χ0v) is 18.9. The first-order chi connectivity index (χ1) is 16.4. The zero-order valence-electron chi connectivity index (χ0n) is 17.4. The van der Waals surface area contributed by atoms with Gasteiger partial charge in [-0.05, 0) is 71.8 Å². The van der Waals surface area contributed by atoms with Crippen molar-refractivity contribution in [2.24, 2.45) is 9.98 Å². The fourth-order valence-corrected chi connectivity index (χ4v) is 3.51. The number of hydrogen-bond acceptors (Lipinski definition) is 6. The lowest BCUT2D eigenvalue weighted by Gasteiger charge is -2.02. The Morgan fingerprint density at radius 1 is 0.559 bits per heavy atom. The molecule has 34 heavy (non-hydrogen) atoms. The Bertz CT molecular complexity index is 1310. The molecule has 0 unspecified atom stereocenters. The second kappa shape index (κ2) is 9.09. The third-order valence-electron chi connectivity index (χ3n) is 4.97. The van der Waals surface area contributed by atoms with Crippen LogP contribution in [0.4, 0.5) is 0 Å². The Morgan fingerprint density at radius 3 is 1.26 bits per heavy atom. The highest BCUT2D eigenvalue weighted by Crippen LogP contribution is 2.23. The van der Waals surface area contributed by atoms with E-state index < -0.39 is 11.9 Å². The maximum atomic E-state index is 12.2. The highest BCUT2D eigenvalue weighted by atomic mass is 35.5. The molecule has 0 radical (unpaired) electrons. The molecule has 0 bridgehead atoms. The zero-order chi connectivity index (χ0) is 23.7. The van der Waals surface area contributed by atoms with Gasteiger partial charge in [0.25, 0.3) is 0 Å². The van der Waals surface area contributed by atoms with Crippen molar-refractivity contribution in [1.82, 2.24) is 0 Å². The van der Waals surface area contributed by atoms with E-state index in [-0.39, 0.29) is 23.2 Å². The Kier molecular flexibility index (Phi) is 5.84. The normalized spacial score (nSPS) is 17.6. The van der Waals surface area contributed by atoms with Gasteiger partial charge < -0.3 is 9.47 Å². The van der Waals surface area contributed by atoms with E-state index in [9.17, 15) is 9.59 Å². The van der Waals surface area contributed by atoms with Crippen molar-refractivity contribution in [3.63, 3.8) is 0 Å². The van der Waals surface area contributed by atoms with Gasteiger partial charge in [-0.1, -0.05) is 47.5 Å². The molecule has 8 heteroatoms. The van der Waals surface area contributed by atoms with Crippen molar-refractivity contribution in [2.75, 3.05) is 0 Å². The van der Waals surface area contributed by atoms with Crippen molar-refractivity contribution in [1.29, 1.82) is 0 Å². The number of aliphatic imine (C=N–C) groups is 2. The van der Waals surface area contributed by atoms with E-state index in [0.29, 0.717) is 21.2 Å². The Labute approximate surface area is 204 Å². The highest BCUT2D eigenvalue weighted by Gasteiger charge is 2.26. The van der Waals surface area contributed by atoms with E-state index in [1.165, 1.54) is 0 Å². The number of ether oxygens (including phenoxy) is 2. The molecule has 6 nitrogen and oxygen atoms in total. The summed E-state index contributed by atoms with van der Waals surface area (Å²) in [7, 11) is 0. The number of hydrogen-bond donors (Lipinski definition) is 0. The smallest absolute Gasteiger partial charge is 0.363 e. The maximum Gasteiger partial charge on any atom is 0.363 e. The summed E-state index contributed by atoms with van der Waals surface area (Å²) in [5, 5.41) is 1.20. The number of nitrogens with zero attached hydrogens (tertiary/aromatic N) is 2. The molecule has 0 saturated heterocycles. The van der Waals surface area contributed by atoms with Crippen molar-refractivity contribution in [3.8, 4) is 0 Å².